The molecule has 7 nitrogen and oxygen atoms in total. The van der Waals surface area contributed by atoms with Gasteiger partial charge in [-0.05, 0) is 55.3 Å². The third-order valence-electron chi connectivity index (χ3n) is 5.59. The maximum absolute atomic E-state index is 13.2. The molecule has 3 heterocycles. The van der Waals surface area contributed by atoms with E-state index in [1.807, 2.05) is 18.2 Å². The summed E-state index contributed by atoms with van der Waals surface area (Å²) < 4.78 is 7.25. The summed E-state index contributed by atoms with van der Waals surface area (Å²) in [6, 6.07) is 11.6. The van der Waals surface area contributed by atoms with Gasteiger partial charge >= 0.3 is 0 Å². The molecule has 1 aliphatic rings. The summed E-state index contributed by atoms with van der Waals surface area (Å²) in [6.07, 6.45) is 5.97. The lowest BCUT2D eigenvalue weighted by Crippen LogP contribution is -2.21. The molecule has 0 spiro atoms. The van der Waals surface area contributed by atoms with Gasteiger partial charge in [0.05, 0.1) is 17.5 Å². The quantitative estimate of drug-likeness (QED) is 0.543. The van der Waals surface area contributed by atoms with Crippen LogP contribution in [0.2, 0.25) is 0 Å². The molecule has 0 fully saturated rings. The molecule has 30 heavy (non-hydrogen) atoms. The van der Waals surface area contributed by atoms with E-state index in [4.69, 9.17) is 9.52 Å². The highest BCUT2D eigenvalue weighted by Crippen LogP contribution is 2.37. The first-order valence-electron chi connectivity index (χ1n) is 9.90. The van der Waals surface area contributed by atoms with E-state index >= 15 is 0 Å². The van der Waals surface area contributed by atoms with E-state index in [1.54, 1.807) is 29.4 Å². The molecule has 1 aromatic carbocycles. The Bertz CT molecular complexity index is 1210. The van der Waals surface area contributed by atoms with Gasteiger partial charge in [-0.1, -0.05) is 6.07 Å². The minimum Gasteiger partial charge on any atom is -0.469 e. The van der Waals surface area contributed by atoms with Gasteiger partial charge in [-0.3, -0.25) is 4.79 Å². The van der Waals surface area contributed by atoms with Crippen LogP contribution in [-0.4, -0.2) is 25.5 Å². The van der Waals surface area contributed by atoms with Crippen LogP contribution in [0.1, 0.15) is 45.3 Å². The van der Waals surface area contributed by atoms with Crippen LogP contribution >= 0.6 is 0 Å². The summed E-state index contributed by atoms with van der Waals surface area (Å²) in [4.78, 5) is 21.9. The molecule has 0 amide bonds. The number of ketones is 1. The normalized spacial score (nSPS) is 15.8. The van der Waals surface area contributed by atoms with E-state index in [1.165, 1.54) is 11.1 Å². The third-order valence-corrected chi connectivity index (χ3v) is 5.59. The lowest BCUT2D eigenvalue weighted by Gasteiger charge is -2.20. The predicted molar refractivity (Wildman–Crippen MR) is 112 cm³/mol. The minimum atomic E-state index is -0.0337. The summed E-state index contributed by atoms with van der Waals surface area (Å²) in [7, 11) is 0. The number of nitrogens with one attached hydrogen (secondary N) is 1. The van der Waals surface area contributed by atoms with Crippen molar-refractivity contribution >= 4 is 17.3 Å². The molecule has 0 saturated heterocycles. The maximum Gasteiger partial charge on any atom is 0.250 e. The first kappa shape index (κ1) is 18.3. The smallest absolute Gasteiger partial charge is 0.250 e. The van der Waals surface area contributed by atoms with Crippen LogP contribution in [-0.2, 0) is 6.42 Å². The van der Waals surface area contributed by atoms with Crippen molar-refractivity contribution in [2.45, 2.75) is 32.6 Å². The highest BCUT2D eigenvalue weighted by Gasteiger charge is 2.35. The second-order valence-electron chi connectivity index (χ2n) is 7.60. The van der Waals surface area contributed by atoms with Crippen molar-refractivity contribution in [3.05, 3.63) is 83.2 Å². The number of hydrogen-bond donors (Lipinski definition) is 1. The fraction of sp³-hybridized carbons (Fsp3) is 0.217. The first-order valence-corrected chi connectivity index (χ1v) is 9.90. The van der Waals surface area contributed by atoms with Gasteiger partial charge in [0.15, 0.2) is 11.6 Å². The van der Waals surface area contributed by atoms with Crippen LogP contribution in [0.5, 0.6) is 0 Å². The molecule has 1 unspecified atom stereocenters. The topological polar surface area (TPSA) is 85.8 Å². The van der Waals surface area contributed by atoms with Gasteiger partial charge in [0.2, 0.25) is 0 Å². The number of fused-ring (bicyclic) bond motifs is 1. The van der Waals surface area contributed by atoms with Gasteiger partial charge in [-0.25, -0.2) is 14.6 Å². The van der Waals surface area contributed by atoms with Crippen LogP contribution in [0.4, 0.5) is 11.5 Å². The molecule has 0 saturated carbocycles. The van der Waals surface area contributed by atoms with E-state index in [0.29, 0.717) is 30.2 Å². The van der Waals surface area contributed by atoms with Crippen LogP contribution in [0, 0.1) is 13.8 Å². The SMILES string of the molecule is Cc1ccc(Nc2nn(-c3ncccn3)c3c2C(=O)CC(c2ccco2)C3)cc1C. The third kappa shape index (κ3) is 3.18. The number of Topliss-reactive ketones (excluding diaryl/α,β-unsaturated/α-hetero) is 1. The fourth-order valence-electron chi connectivity index (χ4n) is 3.90. The van der Waals surface area contributed by atoms with Gasteiger partial charge in [0, 0.05) is 36.8 Å². The highest BCUT2D eigenvalue weighted by atomic mass is 16.3. The fourth-order valence-corrected chi connectivity index (χ4v) is 3.90. The summed E-state index contributed by atoms with van der Waals surface area (Å²) in [5.41, 5.74) is 4.67. The largest absolute Gasteiger partial charge is 0.469 e. The second-order valence-corrected chi connectivity index (χ2v) is 7.60. The first-order chi connectivity index (χ1) is 14.6. The Balaban J connectivity index is 1.61. The van der Waals surface area contributed by atoms with Crippen LogP contribution in [0.3, 0.4) is 0 Å². The summed E-state index contributed by atoms with van der Waals surface area (Å²) in [6.45, 7) is 4.13. The molecule has 4 aromatic rings. The number of hydrogen-bond acceptors (Lipinski definition) is 6. The number of aromatic nitrogens is 4. The van der Waals surface area contributed by atoms with E-state index in [2.05, 4.69) is 41.3 Å². The predicted octanol–water partition coefficient (Wildman–Crippen LogP) is 4.53. The summed E-state index contributed by atoms with van der Waals surface area (Å²) >= 11 is 0. The summed E-state index contributed by atoms with van der Waals surface area (Å²) in [5, 5.41) is 8.04. The Hall–Kier alpha value is -3.74. The monoisotopic (exact) mass is 399 g/mol. The molecule has 7 heteroatoms. The van der Waals surface area contributed by atoms with E-state index < -0.39 is 0 Å². The number of benzene rings is 1. The summed E-state index contributed by atoms with van der Waals surface area (Å²) in [5.74, 6) is 1.78. The van der Waals surface area contributed by atoms with Crippen molar-refractivity contribution in [3.63, 3.8) is 0 Å². The molecule has 1 N–H and O–H groups in total. The highest BCUT2D eigenvalue weighted by molar-refractivity contribution is 6.03. The molecule has 3 aromatic heterocycles. The lowest BCUT2D eigenvalue weighted by molar-refractivity contribution is 0.0960. The van der Waals surface area contributed by atoms with Crippen molar-refractivity contribution in [2.75, 3.05) is 5.32 Å². The Morgan fingerprint density at radius 3 is 2.63 bits per heavy atom. The van der Waals surface area contributed by atoms with Gasteiger partial charge in [0.25, 0.3) is 5.95 Å². The lowest BCUT2D eigenvalue weighted by atomic mass is 9.85. The number of aryl methyl sites for hydroxylation is 2. The van der Waals surface area contributed by atoms with Gasteiger partial charge < -0.3 is 9.73 Å². The molecule has 1 aliphatic carbocycles. The molecular weight excluding hydrogens is 378 g/mol. The molecule has 150 valence electrons. The molecule has 0 radical (unpaired) electrons. The number of carbonyl (C=O) groups excluding carboxylic acids is 1. The standard InChI is InChI=1S/C23H21N5O2/c1-14-6-7-17(11-15(14)2)26-22-21-18(28(27-22)23-24-8-4-9-25-23)12-16(13-19(21)29)20-5-3-10-30-20/h3-11,16H,12-13H2,1-2H3,(H,26,27). The second kappa shape index (κ2) is 7.26. The van der Waals surface area contributed by atoms with Gasteiger partial charge in [0.1, 0.15) is 5.76 Å². The number of nitrogens with zero attached hydrogens (tertiary/aromatic N) is 4. The van der Waals surface area contributed by atoms with Crippen molar-refractivity contribution < 1.29 is 9.21 Å². The number of furan rings is 1. The maximum atomic E-state index is 13.2. The van der Waals surface area contributed by atoms with Gasteiger partial charge in [-0.15, -0.1) is 5.10 Å². The zero-order valence-electron chi connectivity index (χ0n) is 16.8. The van der Waals surface area contributed by atoms with Crippen molar-refractivity contribution in [3.8, 4) is 5.95 Å². The Morgan fingerprint density at radius 2 is 1.90 bits per heavy atom. The molecular formula is C23H21N5O2. The number of anilines is 2. The van der Waals surface area contributed by atoms with Crippen LogP contribution in [0.25, 0.3) is 5.95 Å². The van der Waals surface area contributed by atoms with Crippen molar-refractivity contribution in [1.82, 2.24) is 19.7 Å². The molecule has 0 aliphatic heterocycles. The Morgan fingerprint density at radius 1 is 1.07 bits per heavy atom. The van der Waals surface area contributed by atoms with E-state index in [9.17, 15) is 4.79 Å². The number of rotatable bonds is 4. The van der Waals surface area contributed by atoms with E-state index in [-0.39, 0.29) is 11.7 Å². The average Bonchev–Trinajstić information content (AvgIpc) is 3.40. The van der Waals surface area contributed by atoms with E-state index in [0.717, 1.165) is 17.1 Å². The molecule has 5 rings (SSSR count). The van der Waals surface area contributed by atoms with Crippen LogP contribution in [0.15, 0.2) is 59.5 Å². The van der Waals surface area contributed by atoms with Crippen LogP contribution < -0.4 is 5.32 Å². The van der Waals surface area contributed by atoms with Crippen molar-refractivity contribution in [2.24, 2.45) is 0 Å². The Kier molecular flexibility index (Phi) is 4.43. The molecule has 0 bridgehead atoms. The van der Waals surface area contributed by atoms with Crippen molar-refractivity contribution in [1.29, 1.82) is 0 Å². The molecule has 1 atom stereocenters. The Labute approximate surface area is 173 Å². The van der Waals surface area contributed by atoms with Gasteiger partial charge in [-0.2, -0.15) is 0 Å². The average molecular weight is 399 g/mol. The minimum absolute atomic E-state index is 0.0335. The zero-order valence-corrected chi connectivity index (χ0v) is 16.8. The number of carbonyl (C=O) groups is 1. The zero-order chi connectivity index (χ0) is 20.7.